The molecule has 1 aliphatic heterocycles. The Labute approximate surface area is 123 Å². The predicted octanol–water partition coefficient (Wildman–Crippen LogP) is 0.515. The average Bonchev–Trinajstić information content (AvgIpc) is 3.07. The number of aliphatic carboxylic acids is 2. The minimum absolute atomic E-state index is 0.171. The van der Waals surface area contributed by atoms with Crippen molar-refractivity contribution in [3.8, 4) is 0 Å². The summed E-state index contributed by atoms with van der Waals surface area (Å²) in [5, 5.41) is 18.3. The highest BCUT2D eigenvalue weighted by Gasteiger charge is 2.47. The lowest BCUT2D eigenvalue weighted by Gasteiger charge is -2.35. The predicted molar refractivity (Wildman–Crippen MR) is 73.0 cm³/mol. The first-order valence-corrected chi connectivity index (χ1v) is 6.74. The highest BCUT2D eigenvalue weighted by Crippen LogP contribution is 2.37. The van der Waals surface area contributed by atoms with Gasteiger partial charge in [-0.2, -0.15) is 0 Å². The van der Waals surface area contributed by atoms with Crippen LogP contribution in [0.2, 0.25) is 0 Å². The van der Waals surface area contributed by atoms with Gasteiger partial charge < -0.3 is 25.2 Å². The summed E-state index contributed by atoms with van der Waals surface area (Å²) in [4.78, 5) is 31.8. The van der Waals surface area contributed by atoms with Crippen LogP contribution in [0.4, 0.5) is 4.79 Å². The van der Waals surface area contributed by atoms with E-state index < -0.39 is 17.5 Å². The maximum absolute atomic E-state index is 11.8. The van der Waals surface area contributed by atoms with Gasteiger partial charge in [0, 0.05) is 25.2 Å². The number of ether oxygens (including phenoxy) is 1. The number of amides is 1. The zero-order chi connectivity index (χ0) is 16.3. The molecule has 1 saturated carbocycles. The van der Waals surface area contributed by atoms with E-state index in [1.807, 2.05) is 25.7 Å². The smallest absolute Gasteiger partial charge is 0.414 e. The Morgan fingerprint density at radius 1 is 1.14 bits per heavy atom. The maximum Gasteiger partial charge on any atom is 0.414 e. The van der Waals surface area contributed by atoms with Gasteiger partial charge in [0.25, 0.3) is 0 Å². The second kappa shape index (κ2) is 6.30. The van der Waals surface area contributed by atoms with Crippen LogP contribution >= 0.6 is 0 Å². The van der Waals surface area contributed by atoms with E-state index in [-0.39, 0.29) is 11.6 Å². The molecule has 1 heterocycles. The lowest BCUT2D eigenvalue weighted by molar-refractivity contribution is -0.159. The van der Waals surface area contributed by atoms with Crippen molar-refractivity contribution in [2.75, 3.05) is 19.6 Å². The second-order valence-corrected chi connectivity index (χ2v) is 6.22. The lowest BCUT2D eigenvalue weighted by Crippen LogP contribution is -2.55. The van der Waals surface area contributed by atoms with Gasteiger partial charge in [-0.1, -0.05) is 0 Å². The van der Waals surface area contributed by atoms with Crippen molar-refractivity contribution in [2.45, 2.75) is 44.8 Å². The Balaban J connectivity index is 0.000000315. The summed E-state index contributed by atoms with van der Waals surface area (Å²) in [7, 11) is 0. The van der Waals surface area contributed by atoms with E-state index >= 15 is 0 Å². The first-order valence-electron chi connectivity index (χ1n) is 6.74. The number of piperazine rings is 1. The molecule has 0 radical (unpaired) electrons. The monoisotopic (exact) mass is 302 g/mol. The van der Waals surface area contributed by atoms with E-state index in [0.717, 1.165) is 19.6 Å². The van der Waals surface area contributed by atoms with Crippen LogP contribution in [0.3, 0.4) is 0 Å². The maximum atomic E-state index is 11.8. The van der Waals surface area contributed by atoms with Crippen molar-refractivity contribution in [2.24, 2.45) is 0 Å². The average molecular weight is 302 g/mol. The van der Waals surface area contributed by atoms with E-state index in [4.69, 9.17) is 24.5 Å². The molecule has 0 aromatic carbocycles. The number of hydrogen-bond donors (Lipinski definition) is 3. The highest BCUT2D eigenvalue weighted by molar-refractivity contribution is 6.27. The number of carboxylic acids is 2. The fourth-order valence-electron chi connectivity index (χ4n) is 1.92. The molecule has 2 rings (SSSR count). The molecule has 3 N–H and O–H groups in total. The van der Waals surface area contributed by atoms with E-state index in [0.29, 0.717) is 0 Å². The zero-order valence-corrected chi connectivity index (χ0v) is 12.5. The minimum Gasteiger partial charge on any atom is -0.473 e. The van der Waals surface area contributed by atoms with Gasteiger partial charge >= 0.3 is 18.0 Å². The largest absolute Gasteiger partial charge is 0.473 e. The molecule has 0 aromatic rings. The summed E-state index contributed by atoms with van der Waals surface area (Å²) in [5.41, 5.74) is -0.159. The Hall–Kier alpha value is -1.83. The zero-order valence-electron chi connectivity index (χ0n) is 12.5. The molecule has 1 aliphatic carbocycles. The number of hydrogen-bond acceptors (Lipinski definition) is 5. The van der Waals surface area contributed by atoms with Crippen molar-refractivity contribution >= 4 is 18.0 Å². The van der Waals surface area contributed by atoms with Crippen LogP contribution in [0.15, 0.2) is 0 Å². The number of carboxylic acid groups (broad SMARTS) is 2. The summed E-state index contributed by atoms with van der Waals surface area (Å²) in [6, 6.07) is 0. The van der Waals surface area contributed by atoms with Crippen LogP contribution < -0.4 is 5.32 Å². The minimum atomic E-state index is -1.82. The molecule has 0 atom stereocenters. The van der Waals surface area contributed by atoms with Gasteiger partial charge in [-0.15, -0.1) is 0 Å². The Kier molecular flexibility index (Phi) is 5.16. The molecule has 0 bridgehead atoms. The Morgan fingerprint density at radius 3 is 2.05 bits per heavy atom. The molecule has 1 saturated heterocycles. The van der Waals surface area contributed by atoms with Crippen LogP contribution in [0.25, 0.3) is 0 Å². The van der Waals surface area contributed by atoms with Crippen LogP contribution in [0, 0.1) is 0 Å². The molecular formula is C13H22N2O6. The van der Waals surface area contributed by atoms with Gasteiger partial charge in [-0.3, -0.25) is 0 Å². The van der Waals surface area contributed by atoms with Crippen LogP contribution in [0.1, 0.15) is 33.6 Å². The molecule has 21 heavy (non-hydrogen) atoms. The van der Waals surface area contributed by atoms with Gasteiger partial charge in [-0.05, 0) is 33.6 Å². The van der Waals surface area contributed by atoms with Gasteiger partial charge in [0.05, 0.1) is 0 Å². The number of carbonyl (C=O) groups excluding carboxylic acids is 1. The first-order chi connectivity index (χ1) is 9.55. The Morgan fingerprint density at radius 2 is 1.67 bits per heavy atom. The SMILES string of the molecule is CC(C)(C)OC(=O)N1CCNC2(CC2)C1.O=C(O)C(=O)O. The lowest BCUT2D eigenvalue weighted by atomic mass is 10.2. The molecule has 0 aromatic heterocycles. The Bertz CT molecular complexity index is 413. The van der Waals surface area contributed by atoms with Crippen LogP contribution in [-0.4, -0.2) is 63.9 Å². The number of carbonyl (C=O) groups is 3. The molecule has 2 fully saturated rings. The normalized spacial score (nSPS) is 19.3. The molecule has 1 spiro atoms. The third-order valence-electron chi connectivity index (χ3n) is 3.06. The second-order valence-electron chi connectivity index (χ2n) is 6.22. The summed E-state index contributed by atoms with van der Waals surface area (Å²) < 4.78 is 5.36. The van der Waals surface area contributed by atoms with Crippen molar-refractivity contribution in [1.29, 1.82) is 0 Å². The summed E-state index contributed by atoms with van der Waals surface area (Å²) in [6.45, 7) is 8.16. The standard InChI is InChI=1S/C11H20N2O2.C2H2O4/c1-10(2,3)15-9(14)13-7-6-12-11(8-13)4-5-11;3-1(4)2(5)6/h12H,4-8H2,1-3H3;(H,3,4)(H,5,6). The quantitative estimate of drug-likeness (QED) is 0.558. The van der Waals surface area contributed by atoms with Gasteiger partial charge in [-0.25, -0.2) is 14.4 Å². The van der Waals surface area contributed by atoms with Crippen molar-refractivity contribution in [3.05, 3.63) is 0 Å². The summed E-state index contributed by atoms with van der Waals surface area (Å²) >= 11 is 0. The van der Waals surface area contributed by atoms with Crippen molar-refractivity contribution in [3.63, 3.8) is 0 Å². The van der Waals surface area contributed by atoms with E-state index in [1.54, 1.807) is 0 Å². The van der Waals surface area contributed by atoms with E-state index in [1.165, 1.54) is 12.8 Å². The topological polar surface area (TPSA) is 116 Å². The van der Waals surface area contributed by atoms with Gasteiger partial charge in [0.1, 0.15) is 5.60 Å². The third kappa shape index (κ3) is 5.99. The first kappa shape index (κ1) is 17.2. The van der Waals surface area contributed by atoms with Gasteiger partial charge in [0.2, 0.25) is 0 Å². The summed E-state index contributed by atoms with van der Waals surface area (Å²) in [5.74, 6) is -3.65. The molecule has 0 unspecified atom stereocenters. The molecule has 1 amide bonds. The van der Waals surface area contributed by atoms with E-state index in [9.17, 15) is 4.79 Å². The fourth-order valence-corrected chi connectivity index (χ4v) is 1.92. The molecule has 8 heteroatoms. The van der Waals surface area contributed by atoms with Crippen molar-refractivity contribution < 1.29 is 29.3 Å². The summed E-state index contributed by atoms with van der Waals surface area (Å²) in [6.07, 6.45) is 2.20. The number of nitrogens with one attached hydrogen (secondary N) is 1. The number of rotatable bonds is 0. The molecular weight excluding hydrogens is 280 g/mol. The number of nitrogens with zero attached hydrogens (tertiary/aromatic N) is 1. The highest BCUT2D eigenvalue weighted by atomic mass is 16.6. The van der Waals surface area contributed by atoms with Gasteiger partial charge in [0.15, 0.2) is 0 Å². The van der Waals surface area contributed by atoms with Crippen LogP contribution in [-0.2, 0) is 14.3 Å². The third-order valence-corrected chi connectivity index (χ3v) is 3.06. The molecule has 8 nitrogen and oxygen atoms in total. The van der Waals surface area contributed by atoms with Crippen molar-refractivity contribution in [1.82, 2.24) is 10.2 Å². The molecule has 120 valence electrons. The fraction of sp³-hybridized carbons (Fsp3) is 0.769. The van der Waals surface area contributed by atoms with Crippen LogP contribution in [0.5, 0.6) is 0 Å². The van der Waals surface area contributed by atoms with E-state index in [2.05, 4.69) is 5.32 Å². The molecule has 2 aliphatic rings.